The molecule has 0 radical (unpaired) electrons. The van der Waals surface area contributed by atoms with Gasteiger partial charge >= 0.3 is 0 Å². The number of nitrogens with two attached hydrogens (primary N) is 1. The molecule has 14 heavy (non-hydrogen) atoms. The second kappa shape index (κ2) is 6.81. The van der Waals surface area contributed by atoms with Crippen LogP contribution >= 0.6 is 0 Å². The summed E-state index contributed by atoms with van der Waals surface area (Å²) in [5.74, 6) is 0. The maximum absolute atomic E-state index is 5.73. The van der Waals surface area contributed by atoms with Gasteiger partial charge in [-0.25, -0.2) is 0 Å². The second-order valence-electron chi connectivity index (χ2n) is 3.61. The van der Waals surface area contributed by atoms with Crippen LogP contribution in [0.25, 0.3) is 0 Å². The van der Waals surface area contributed by atoms with Crippen LogP contribution in [-0.4, -0.2) is 33.0 Å². The van der Waals surface area contributed by atoms with Crippen molar-refractivity contribution in [1.29, 1.82) is 0 Å². The zero-order valence-electron chi connectivity index (χ0n) is 9.85. The highest BCUT2D eigenvalue weighted by atomic mass is 16.5. The fourth-order valence-electron chi connectivity index (χ4n) is 1.24. The van der Waals surface area contributed by atoms with Crippen LogP contribution in [0.1, 0.15) is 20.8 Å². The van der Waals surface area contributed by atoms with E-state index in [1.165, 1.54) is 0 Å². The minimum atomic E-state index is 0.116. The molecule has 0 saturated heterocycles. The molecule has 84 valence electrons. The third-order valence-electron chi connectivity index (χ3n) is 2.21. The maximum Gasteiger partial charge on any atom is 0.0811 e. The Hall–Kier alpha value is -0.580. The summed E-state index contributed by atoms with van der Waals surface area (Å²) >= 11 is 0. The fourth-order valence-corrected chi connectivity index (χ4v) is 1.24. The second-order valence-corrected chi connectivity index (χ2v) is 3.61. The first-order chi connectivity index (χ1) is 6.52. The molecule has 0 aliphatic heterocycles. The van der Waals surface area contributed by atoms with E-state index in [1.54, 1.807) is 7.11 Å². The van der Waals surface area contributed by atoms with Crippen molar-refractivity contribution >= 4 is 0 Å². The maximum atomic E-state index is 5.73. The van der Waals surface area contributed by atoms with Crippen LogP contribution in [-0.2, 0) is 4.74 Å². The molecule has 0 aromatic carbocycles. The van der Waals surface area contributed by atoms with Gasteiger partial charge in [-0.05, 0) is 33.4 Å². The summed E-state index contributed by atoms with van der Waals surface area (Å²) in [6.07, 6.45) is 0.116. The van der Waals surface area contributed by atoms with E-state index in [4.69, 9.17) is 10.5 Å². The number of ether oxygens (including phenoxy) is 1. The summed E-state index contributed by atoms with van der Waals surface area (Å²) in [5.41, 5.74) is 7.70. The SMILES string of the molecule is CNC(N[C@H](C)COC)/C(C)=C(/C)N. The molecule has 0 spiro atoms. The number of allylic oxidation sites excluding steroid dienone is 1. The van der Waals surface area contributed by atoms with Gasteiger partial charge in [-0.2, -0.15) is 0 Å². The molecule has 0 saturated carbocycles. The zero-order chi connectivity index (χ0) is 11.1. The monoisotopic (exact) mass is 201 g/mol. The largest absolute Gasteiger partial charge is 0.402 e. The van der Waals surface area contributed by atoms with Crippen LogP contribution in [0.5, 0.6) is 0 Å². The van der Waals surface area contributed by atoms with Gasteiger partial charge in [0.1, 0.15) is 0 Å². The van der Waals surface area contributed by atoms with Crippen LogP contribution in [0.4, 0.5) is 0 Å². The van der Waals surface area contributed by atoms with Crippen molar-refractivity contribution in [2.24, 2.45) is 5.73 Å². The number of hydrogen-bond donors (Lipinski definition) is 3. The molecule has 2 atom stereocenters. The van der Waals surface area contributed by atoms with E-state index in [1.807, 2.05) is 20.9 Å². The van der Waals surface area contributed by atoms with E-state index in [2.05, 4.69) is 17.6 Å². The highest BCUT2D eigenvalue weighted by molar-refractivity contribution is 5.12. The van der Waals surface area contributed by atoms with Crippen molar-refractivity contribution in [2.45, 2.75) is 33.0 Å². The van der Waals surface area contributed by atoms with Crippen LogP contribution in [0.15, 0.2) is 11.3 Å². The van der Waals surface area contributed by atoms with Crippen molar-refractivity contribution in [3.05, 3.63) is 11.3 Å². The first-order valence-corrected chi connectivity index (χ1v) is 4.88. The molecule has 0 heterocycles. The summed E-state index contributed by atoms with van der Waals surface area (Å²) in [6, 6.07) is 0.298. The van der Waals surface area contributed by atoms with E-state index >= 15 is 0 Å². The van der Waals surface area contributed by atoms with Gasteiger partial charge in [-0.3, -0.25) is 5.32 Å². The molecule has 0 rings (SSSR count). The minimum absolute atomic E-state index is 0.116. The molecular formula is C10H23N3O. The van der Waals surface area contributed by atoms with E-state index < -0.39 is 0 Å². The first kappa shape index (κ1) is 13.4. The van der Waals surface area contributed by atoms with Gasteiger partial charge in [0.15, 0.2) is 0 Å². The molecule has 0 amide bonds. The molecule has 0 fully saturated rings. The van der Waals surface area contributed by atoms with E-state index in [-0.39, 0.29) is 6.17 Å². The lowest BCUT2D eigenvalue weighted by atomic mass is 10.1. The molecule has 0 aliphatic rings. The Morgan fingerprint density at radius 3 is 2.36 bits per heavy atom. The molecule has 0 aliphatic carbocycles. The minimum Gasteiger partial charge on any atom is -0.402 e. The Labute approximate surface area is 86.9 Å². The lowest BCUT2D eigenvalue weighted by Crippen LogP contribution is -2.47. The smallest absolute Gasteiger partial charge is 0.0811 e. The summed E-state index contributed by atoms with van der Waals surface area (Å²) in [7, 11) is 3.60. The van der Waals surface area contributed by atoms with E-state index in [0.29, 0.717) is 12.6 Å². The Morgan fingerprint density at radius 1 is 1.43 bits per heavy atom. The number of likely N-dealkylation sites (N-methyl/N-ethyl adjacent to an activating group) is 1. The highest BCUT2D eigenvalue weighted by Crippen LogP contribution is 2.02. The number of nitrogens with one attached hydrogen (secondary N) is 2. The summed E-state index contributed by atoms with van der Waals surface area (Å²) in [6.45, 7) is 6.69. The third kappa shape index (κ3) is 4.60. The predicted octanol–water partition coefficient (Wildman–Crippen LogP) is 0.409. The molecule has 0 aromatic heterocycles. The van der Waals surface area contributed by atoms with Gasteiger partial charge in [-0.1, -0.05) is 0 Å². The number of rotatable bonds is 6. The third-order valence-corrected chi connectivity index (χ3v) is 2.21. The topological polar surface area (TPSA) is 59.3 Å². The lowest BCUT2D eigenvalue weighted by molar-refractivity contribution is 0.166. The fraction of sp³-hybridized carbons (Fsp3) is 0.800. The van der Waals surface area contributed by atoms with E-state index in [0.717, 1.165) is 11.3 Å². The Morgan fingerprint density at radius 2 is 2.00 bits per heavy atom. The quantitative estimate of drug-likeness (QED) is 0.545. The molecule has 0 aromatic rings. The molecule has 0 bridgehead atoms. The van der Waals surface area contributed by atoms with Gasteiger partial charge in [0.2, 0.25) is 0 Å². The van der Waals surface area contributed by atoms with Crippen molar-refractivity contribution in [3.63, 3.8) is 0 Å². The van der Waals surface area contributed by atoms with Gasteiger partial charge in [0.05, 0.1) is 12.8 Å². The van der Waals surface area contributed by atoms with Crippen LogP contribution in [0.2, 0.25) is 0 Å². The van der Waals surface area contributed by atoms with Gasteiger partial charge in [-0.15, -0.1) is 0 Å². The summed E-state index contributed by atoms with van der Waals surface area (Å²) in [5, 5.41) is 6.54. The lowest BCUT2D eigenvalue weighted by Gasteiger charge is -2.24. The number of methoxy groups -OCH3 is 1. The Kier molecular flexibility index (Phi) is 6.53. The zero-order valence-corrected chi connectivity index (χ0v) is 9.85. The average molecular weight is 201 g/mol. The molecule has 4 nitrogen and oxygen atoms in total. The van der Waals surface area contributed by atoms with Crippen LogP contribution < -0.4 is 16.4 Å². The summed E-state index contributed by atoms with van der Waals surface area (Å²) < 4.78 is 5.05. The molecule has 4 heteroatoms. The standard InChI is InChI=1S/C10H23N3O/c1-7(6-14-5)13-10(12-4)8(2)9(3)11/h7,10,12-13H,6,11H2,1-5H3/b9-8-/t7-,10?/m1/s1. The Bertz CT molecular complexity index is 188. The summed E-state index contributed by atoms with van der Waals surface area (Å²) in [4.78, 5) is 0. The van der Waals surface area contributed by atoms with Crippen LogP contribution in [0.3, 0.4) is 0 Å². The van der Waals surface area contributed by atoms with Crippen molar-refractivity contribution < 1.29 is 4.74 Å². The molecule has 4 N–H and O–H groups in total. The van der Waals surface area contributed by atoms with Crippen molar-refractivity contribution in [1.82, 2.24) is 10.6 Å². The predicted molar refractivity (Wildman–Crippen MR) is 59.9 cm³/mol. The van der Waals surface area contributed by atoms with Gasteiger partial charge in [0.25, 0.3) is 0 Å². The normalized spacial score (nSPS) is 17.5. The first-order valence-electron chi connectivity index (χ1n) is 4.88. The number of hydrogen-bond acceptors (Lipinski definition) is 4. The molecular weight excluding hydrogens is 178 g/mol. The molecule has 1 unspecified atom stereocenters. The van der Waals surface area contributed by atoms with Crippen molar-refractivity contribution in [3.8, 4) is 0 Å². The van der Waals surface area contributed by atoms with Gasteiger partial charge in [0, 0.05) is 18.8 Å². The average Bonchev–Trinajstić information content (AvgIpc) is 2.13. The highest BCUT2D eigenvalue weighted by Gasteiger charge is 2.12. The van der Waals surface area contributed by atoms with Crippen molar-refractivity contribution in [2.75, 3.05) is 20.8 Å². The Balaban J connectivity index is 4.23. The van der Waals surface area contributed by atoms with Crippen LogP contribution in [0, 0.1) is 0 Å². The van der Waals surface area contributed by atoms with E-state index in [9.17, 15) is 0 Å². The van der Waals surface area contributed by atoms with Gasteiger partial charge < -0.3 is 15.8 Å².